The molecule has 10 heteroatoms. The van der Waals surface area contributed by atoms with Crippen molar-refractivity contribution in [3.05, 3.63) is 70.4 Å². The van der Waals surface area contributed by atoms with Crippen LogP contribution in [-0.2, 0) is 19.8 Å². The Labute approximate surface area is 213 Å². The molecule has 4 aromatic rings. The van der Waals surface area contributed by atoms with Crippen LogP contribution in [0.1, 0.15) is 27.2 Å². The standard InChI is InChI=1S/C26H29N5O4S/c1-35-24-11-17(10-18(14-32)21(24)15-33)25(34)28-22-5-3-2-4-20(22)23-13-31-19(16-36-26(31)29-23)12-30-8-6-27-7-9-30/h2-5,10-11,13,16,27,32-33H,6-9,12,14-15H2,1H3,(H,28,34). The van der Waals surface area contributed by atoms with E-state index in [4.69, 9.17) is 9.72 Å². The van der Waals surface area contributed by atoms with Gasteiger partial charge in [-0.1, -0.05) is 18.2 Å². The molecule has 2 aromatic heterocycles. The Balaban J connectivity index is 1.42. The maximum absolute atomic E-state index is 13.2. The van der Waals surface area contributed by atoms with E-state index in [-0.39, 0.29) is 19.1 Å². The zero-order chi connectivity index (χ0) is 25.1. The number of imidazole rings is 1. The van der Waals surface area contributed by atoms with Crippen molar-refractivity contribution in [1.29, 1.82) is 0 Å². The Morgan fingerprint density at radius 2 is 2.00 bits per heavy atom. The predicted octanol–water partition coefficient (Wildman–Crippen LogP) is 2.71. The molecule has 4 N–H and O–H groups in total. The van der Waals surface area contributed by atoms with E-state index in [0.29, 0.717) is 28.1 Å². The molecule has 0 aliphatic carbocycles. The van der Waals surface area contributed by atoms with Gasteiger partial charge < -0.3 is 25.6 Å². The van der Waals surface area contributed by atoms with E-state index in [2.05, 4.69) is 25.3 Å². The van der Waals surface area contributed by atoms with Crippen LogP contribution < -0.4 is 15.4 Å². The Morgan fingerprint density at radius 1 is 1.19 bits per heavy atom. The average molecular weight is 508 g/mol. The van der Waals surface area contributed by atoms with E-state index >= 15 is 0 Å². The minimum Gasteiger partial charge on any atom is -0.496 e. The highest BCUT2D eigenvalue weighted by molar-refractivity contribution is 7.15. The Bertz CT molecular complexity index is 1350. The van der Waals surface area contributed by atoms with Gasteiger partial charge >= 0.3 is 0 Å². The number of amides is 1. The molecule has 1 saturated heterocycles. The molecule has 36 heavy (non-hydrogen) atoms. The van der Waals surface area contributed by atoms with Crippen molar-refractivity contribution in [1.82, 2.24) is 19.6 Å². The molecular weight excluding hydrogens is 478 g/mol. The highest BCUT2D eigenvalue weighted by atomic mass is 32.1. The van der Waals surface area contributed by atoms with Crippen LogP contribution in [0.2, 0.25) is 0 Å². The number of piperazine rings is 1. The number of carbonyl (C=O) groups is 1. The topological polar surface area (TPSA) is 111 Å². The lowest BCUT2D eigenvalue weighted by Crippen LogP contribution is -2.43. The fraction of sp³-hybridized carbons (Fsp3) is 0.308. The Morgan fingerprint density at radius 3 is 2.75 bits per heavy atom. The zero-order valence-electron chi connectivity index (χ0n) is 20.0. The van der Waals surface area contributed by atoms with Gasteiger partial charge in [0.05, 0.1) is 31.7 Å². The van der Waals surface area contributed by atoms with E-state index in [9.17, 15) is 15.0 Å². The second kappa shape index (κ2) is 10.8. The van der Waals surface area contributed by atoms with Gasteiger partial charge in [0.2, 0.25) is 0 Å². The van der Waals surface area contributed by atoms with E-state index in [1.165, 1.54) is 12.8 Å². The van der Waals surface area contributed by atoms with Gasteiger partial charge in [-0.2, -0.15) is 0 Å². The Kier molecular flexibility index (Phi) is 7.30. The first kappa shape index (κ1) is 24.4. The van der Waals surface area contributed by atoms with Gasteiger partial charge in [0, 0.05) is 66.7 Å². The monoisotopic (exact) mass is 507 g/mol. The van der Waals surface area contributed by atoms with Crippen LogP contribution in [-0.4, -0.2) is 63.7 Å². The number of methoxy groups -OCH3 is 1. The molecular formula is C26H29N5O4S. The molecule has 0 radical (unpaired) electrons. The predicted molar refractivity (Wildman–Crippen MR) is 139 cm³/mol. The van der Waals surface area contributed by atoms with Crippen molar-refractivity contribution in [3.8, 4) is 17.0 Å². The minimum atomic E-state index is -0.347. The van der Waals surface area contributed by atoms with Gasteiger partial charge in [-0.05, 0) is 23.8 Å². The summed E-state index contributed by atoms with van der Waals surface area (Å²) in [7, 11) is 1.47. The minimum absolute atomic E-state index is 0.294. The zero-order valence-corrected chi connectivity index (χ0v) is 20.8. The molecule has 188 valence electrons. The van der Waals surface area contributed by atoms with Crippen molar-refractivity contribution in [2.45, 2.75) is 19.8 Å². The lowest BCUT2D eigenvalue weighted by molar-refractivity contribution is 0.102. The van der Waals surface area contributed by atoms with Crippen molar-refractivity contribution in [2.75, 3.05) is 38.6 Å². The molecule has 1 amide bonds. The van der Waals surface area contributed by atoms with E-state index < -0.39 is 0 Å². The molecule has 9 nitrogen and oxygen atoms in total. The second-order valence-corrected chi connectivity index (χ2v) is 9.50. The highest BCUT2D eigenvalue weighted by Crippen LogP contribution is 2.31. The number of carbonyl (C=O) groups excluding carboxylic acids is 1. The number of hydrogen-bond donors (Lipinski definition) is 4. The van der Waals surface area contributed by atoms with Crippen molar-refractivity contribution >= 4 is 27.9 Å². The van der Waals surface area contributed by atoms with Gasteiger partial charge in [-0.3, -0.25) is 14.1 Å². The number of aromatic nitrogens is 2. The summed E-state index contributed by atoms with van der Waals surface area (Å²) in [6.45, 7) is 4.32. The van der Waals surface area contributed by atoms with Crippen LogP contribution in [0.3, 0.4) is 0 Å². The van der Waals surface area contributed by atoms with Crippen molar-refractivity contribution < 1.29 is 19.7 Å². The van der Waals surface area contributed by atoms with Crippen molar-refractivity contribution in [3.63, 3.8) is 0 Å². The van der Waals surface area contributed by atoms with Crippen LogP contribution in [0.25, 0.3) is 16.2 Å². The van der Waals surface area contributed by atoms with Crippen LogP contribution in [0.5, 0.6) is 5.75 Å². The summed E-state index contributed by atoms with van der Waals surface area (Å²) in [5, 5.41) is 27.9. The van der Waals surface area contributed by atoms with E-state index in [1.807, 2.05) is 30.5 Å². The Hall–Kier alpha value is -3.28. The lowest BCUT2D eigenvalue weighted by atomic mass is 10.0. The summed E-state index contributed by atoms with van der Waals surface area (Å²) in [5.41, 5.74) is 4.66. The summed E-state index contributed by atoms with van der Waals surface area (Å²) in [5.74, 6) is 0.00852. The molecule has 0 saturated carbocycles. The first-order valence-corrected chi connectivity index (χ1v) is 12.7. The smallest absolute Gasteiger partial charge is 0.255 e. The summed E-state index contributed by atoms with van der Waals surface area (Å²) < 4.78 is 7.47. The normalized spacial score (nSPS) is 14.3. The van der Waals surface area contributed by atoms with E-state index in [1.54, 1.807) is 23.5 Å². The van der Waals surface area contributed by atoms with Crippen LogP contribution in [0.15, 0.2) is 48.0 Å². The SMILES string of the molecule is COc1cc(C(=O)Nc2ccccc2-c2cn3c(CN4CCNCC4)csc3n2)cc(CO)c1CO. The summed E-state index contributed by atoms with van der Waals surface area (Å²) in [6.07, 6.45) is 2.03. The number of para-hydroxylation sites is 1. The molecule has 1 aliphatic heterocycles. The van der Waals surface area contributed by atoms with Gasteiger partial charge in [0.1, 0.15) is 5.75 Å². The second-order valence-electron chi connectivity index (χ2n) is 8.66. The van der Waals surface area contributed by atoms with Crippen LogP contribution in [0.4, 0.5) is 5.69 Å². The lowest BCUT2D eigenvalue weighted by Gasteiger charge is -2.26. The van der Waals surface area contributed by atoms with Gasteiger partial charge in [0.15, 0.2) is 4.96 Å². The molecule has 5 rings (SSSR count). The molecule has 0 unspecified atom stereocenters. The number of fused-ring (bicyclic) bond motifs is 1. The van der Waals surface area contributed by atoms with Gasteiger partial charge in [-0.25, -0.2) is 4.98 Å². The fourth-order valence-corrected chi connectivity index (χ4v) is 5.38. The van der Waals surface area contributed by atoms with Gasteiger partial charge in [0.25, 0.3) is 5.91 Å². The number of rotatable bonds is 8. The van der Waals surface area contributed by atoms with Crippen LogP contribution >= 0.6 is 11.3 Å². The molecule has 0 spiro atoms. The molecule has 0 bridgehead atoms. The fourth-order valence-electron chi connectivity index (χ4n) is 4.52. The molecule has 0 atom stereocenters. The quantitative estimate of drug-likeness (QED) is 0.290. The largest absolute Gasteiger partial charge is 0.496 e. The highest BCUT2D eigenvalue weighted by Gasteiger charge is 2.19. The number of hydrogen-bond acceptors (Lipinski definition) is 8. The summed E-state index contributed by atoms with van der Waals surface area (Å²) in [4.78, 5) is 21.4. The average Bonchev–Trinajstić information content (AvgIpc) is 3.50. The third-order valence-electron chi connectivity index (χ3n) is 6.44. The number of thiazole rings is 1. The third-order valence-corrected chi connectivity index (χ3v) is 7.33. The number of anilines is 1. The van der Waals surface area contributed by atoms with Crippen LogP contribution in [0, 0.1) is 0 Å². The number of ether oxygens (including phenoxy) is 1. The number of aliphatic hydroxyl groups is 2. The third kappa shape index (κ3) is 4.86. The summed E-state index contributed by atoms with van der Waals surface area (Å²) in [6, 6.07) is 10.7. The molecule has 1 fully saturated rings. The first-order chi connectivity index (χ1) is 17.6. The number of nitrogens with zero attached hydrogens (tertiary/aromatic N) is 3. The maximum Gasteiger partial charge on any atom is 0.255 e. The van der Waals surface area contributed by atoms with Crippen molar-refractivity contribution in [2.24, 2.45) is 0 Å². The maximum atomic E-state index is 13.2. The molecule has 1 aliphatic rings. The number of aliphatic hydroxyl groups excluding tert-OH is 2. The summed E-state index contributed by atoms with van der Waals surface area (Å²) >= 11 is 1.61. The number of benzene rings is 2. The van der Waals surface area contributed by atoms with Gasteiger partial charge in [-0.15, -0.1) is 11.3 Å². The molecule has 2 aromatic carbocycles. The van der Waals surface area contributed by atoms with E-state index in [0.717, 1.165) is 48.9 Å². The number of nitrogens with one attached hydrogen (secondary N) is 2. The molecule has 3 heterocycles. The first-order valence-electron chi connectivity index (χ1n) is 11.8.